The van der Waals surface area contributed by atoms with Crippen LogP contribution in [0.3, 0.4) is 0 Å². The van der Waals surface area contributed by atoms with Gasteiger partial charge in [0.05, 0.1) is 0 Å². The van der Waals surface area contributed by atoms with Crippen molar-refractivity contribution in [2.75, 3.05) is 0 Å². The lowest BCUT2D eigenvalue weighted by molar-refractivity contribution is 0.840. The molecule has 2 aromatic heterocycles. The van der Waals surface area contributed by atoms with Crippen LogP contribution in [0.5, 0.6) is 0 Å². The zero-order valence-corrected chi connectivity index (χ0v) is 18.5. The highest BCUT2D eigenvalue weighted by Crippen LogP contribution is 2.41. The molecule has 0 aliphatic rings. The summed E-state index contributed by atoms with van der Waals surface area (Å²) in [6.45, 7) is 11.7. The Labute approximate surface area is 189 Å². The standard InChI is InChI=1S/C30H28N2/c1-4-18-31-20-26(24-10-6-8-12-28(24)31)30(23-16-14-22(3)15-17-23)27-21-32(19-5-2)29-13-9-7-11-25(27)29/h4-17,20-21,30H,1-2,18-19H2,3H3. The molecule has 158 valence electrons. The Morgan fingerprint density at radius 2 is 1.16 bits per heavy atom. The van der Waals surface area contributed by atoms with E-state index in [1.54, 1.807) is 0 Å². The molecule has 0 N–H and O–H groups in total. The second-order valence-electron chi connectivity index (χ2n) is 8.43. The van der Waals surface area contributed by atoms with Gasteiger partial charge in [0.2, 0.25) is 0 Å². The zero-order chi connectivity index (χ0) is 22.1. The van der Waals surface area contributed by atoms with Gasteiger partial charge in [0, 0.05) is 53.2 Å². The first-order chi connectivity index (χ1) is 15.7. The Bertz CT molecular complexity index is 1320. The molecule has 0 atom stereocenters. The van der Waals surface area contributed by atoms with Gasteiger partial charge in [0.15, 0.2) is 0 Å². The molecule has 32 heavy (non-hydrogen) atoms. The summed E-state index contributed by atoms with van der Waals surface area (Å²) in [7, 11) is 0. The van der Waals surface area contributed by atoms with Crippen molar-refractivity contribution in [3.8, 4) is 0 Å². The summed E-state index contributed by atoms with van der Waals surface area (Å²) in [4.78, 5) is 0. The highest BCUT2D eigenvalue weighted by atomic mass is 15.0. The van der Waals surface area contributed by atoms with Gasteiger partial charge in [0.25, 0.3) is 0 Å². The molecule has 5 rings (SSSR count). The minimum Gasteiger partial charge on any atom is -0.343 e. The Morgan fingerprint density at radius 1 is 0.688 bits per heavy atom. The number of hydrogen-bond acceptors (Lipinski definition) is 0. The molecule has 0 bridgehead atoms. The molecule has 2 heterocycles. The van der Waals surface area contributed by atoms with Gasteiger partial charge in [-0.05, 0) is 35.7 Å². The summed E-state index contributed by atoms with van der Waals surface area (Å²) < 4.78 is 4.61. The third-order valence-corrected chi connectivity index (χ3v) is 6.32. The van der Waals surface area contributed by atoms with Crippen molar-refractivity contribution in [1.82, 2.24) is 9.13 Å². The Hall–Kier alpha value is -3.78. The number of hydrogen-bond donors (Lipinski definition) is 0. The van der Waals surface area contributed by atoms with E-state index < -0.39 is 0 Å². The maximum atomic E-state index is 3.97. The van der Waals surface area contributed by atoms with Gasteiger partial charge in [-0.1, -0.05) is 78.4 Å². The topological polar surface area (TPSA) is 9.86 Å². The molecule has 3 aromatic carbocycles. The lowest BCUT2D eigenvalue weighted by atomic mass is 9.84. The molecule has 0 saturated heterocycles. The first kappa shape index (κ1) is 20.1. The third kappa shape index (κ3) is 3.38. The highest BCUT2D eigenvalue weighted by molar-refractivity contribution is 5.90. The van der Waals surface area contributed by atoms with Gasteiger partial charge in [0.1, 0.15) is 0 Å². The fourth-order valence-electron chi connectivity index (χ4n) is 4.88. The Morgan fingerprint density at radius 3 is 1.62 bits per heavy atom. The average molecular weight is 417 g/mol. The Balaban J connectivity index is 1.82. The summed E-state index contributed by atoms with van der Waals surface area (Å²) in [5, 5.41) is 2.58. The fourth-order valence-corrected chi connectivity index (χ4v) is 4.88. The number of aromatic nitrogens is 2. The quantitative estimate of drug-likeness (QED) is 0.244. The maximum Gasteiger partial charge on any atom is 0.0486 e. The van der Waals surface area contributed by atoms with Crippen molar-refractivity contribution >= 4 is 21.8 Å². The highest BCUT2D eigenvalue weighted by Gasteiger charge is 2.25. The van der Waals surface area contributed by atoms with Crippen molar-refractivity contribution < 1.29 is 0 Å². The van der Waals surface area contributed by atoms with Crippen LogP contribution in [0, 0.1) is 6.92 Å². The number of aryl methyl sites for hydroxylation is 1. The number of rotatable bonds is 7. The number of fused-ring (bicyclic) bond motifs is 2. The fraction of sp³-hybridized carbons (Fsp3) is 0.133. The first-order valence-corrected chi connectivity index (χ1v) is 11.1. The van der Waals surface area contributed by atoms with E-state index in [4.69, 9.17) is 0 Å². The summed E-state index contributed by atoms with van der Waals surface area (Å²) in [5.74, 6) is 0.127. The van der Waals surface area contributed by atoms with E-state index in [0.29, 0.717) is 0 Å². The van der Waals surface area contributed by atoms with E-state index >= 15 is 0 Å². The Kier molecular flexibility index (Phi) is 5.28. The van der Waals surface area contributed by atoms with Gasteiger partial charge in [-0.15, -0.1) is 13.2 Å². The number of allylic oxidation sites excluding steroid dienone is 2. The van der Waals surface area contributed by atoms with Crippen molar-refractivity contribution in [1.29, 1.82) is 0 Å². The van der Waals surface area contributed by atoms with Crippen LogP contribution in [0.25, 0.3) is 21.8 Å². The maximum absolute atomic E-state index is 3.97. The van der Waals surface area contributed by atoms with Crippen LogP contribution >= 0.6 is 0 Å². The van der Waals surface area contributed by atoms with E-state index in [1.807, 2.05) is 12.2 Å². The van der Waals surface area contributed by atoms with E-state index in [9.17, 15) is 0 Å². The lowest BCUT2D eigenvalue weighted by Gasteiger charge is -2.18. The van der Waals surface area contributed by atoms with E-state index in [-0.39, 0.29) is 5.92 Å². The van der Waals surface area contributed by atoms with Crippen LogP contribution in [0.1, 0.15) is 28.2 Å². The van der Waals surface area contributed by atoms with E-state index in [0.717, 1.165) is 13.1 Å². The minimum atomic E-state index is 0.127. The molecule has 0 fully saturated rings. The lowest BCUT2D eigenvalue weighted by Crippen LogP contribution is -2.03. The molecule has 0 amide bonds. The van der Waals surface area contributed by atoms with Crippen molar-refractivity contribution in [3.63, 3.8) is 0 Å². The van der Waals surface area contributed by atoms with Crippen LogP contribution in [0.15, 0.2) is 111 Å². The van der Waals surface area contributed by atoms with E-state index in [2.05, 4.69) is 114 Å². The predicted octanol–water partition coefficient (Wildman–Crippen LogP) is 7.46. The molecule has 0 unspecified atom stereocenters. The van der Waals surface area contributed by atoms with Gasteiger partial charge in [-0.2, -0.15) is 0 Å². The second kappa shape index (κ2) is 8.39. The number of nitrogens with zero attached hydrogens (tertiary/aromatic N) is 2. The second-order valence-corrected chi connectivity index (χ2v) is 8.43. The molecule has 0 radical (unpaired) electrons. The smallest absolute Gasteiger partial charge is 0.0486 e. The molecule has 0 saturated carbocycles. The SMILES string of the molecule is C=CCn1cc(C(c2ccc(C)cc2)c2cn(CC=C)c3ccccc23)c2ccccc21. The van der Waals surface area contributed by atoms with Gasteiger partial charge >= 0.3 is 0 Å². The largest absolute Gasteiger partial charge is 0.343 e. The van der Waals surface area contributed by atoms with Crippen LogP contribution in [-0.2, 0) is 13.1 Å². The van der Waals surface area contributed by atoms with Crippen molar-refractivity contribution in [2.45, 2.75) is 25.9 Å². The van der Waals surface area contributed by atoms with Crippen LogP contribution < -0.4 is 0 Å². The summed E-state index contributed by atoms with van der Waals surface area (Å²) in [6, 6.07) is 26.4. The third-order valence-electron chi connectivity index (χ3n) is 6.32. The molecule has 0 aliphatic carbocycles. The first-order valence-electron chi connectivity index (χ1n) is 11.1. The summed E-state index contributed by atoms with van der Waals surface area (Å²) >= 11 is 0. The predicted molar refractivity (Wildman–Crippen MR) is 136 cm³/mol. The molecular weight excluding hydrogens is 388 g/mol. The summed E-state index contributed by atoms with van der Waals surface area (Å²) in [6.07, 6.45) is 8.56. The average Bonchev–Trinajstić information content (AvgIpc) is 3.36. The van der Waals surface area contributed by atoms with Gasteiger partial charge < -0.3 is 9.13 Å². The van der Waals surface area contributed by atoms with Crippen LogP contribution in [-0.4, -0.2) is 9.13 Å². The summed E-state index contributed by atoms with van der Waals surface area (Å²) in [5.41, 5.74) is 7.72. The molecule has 2 heteroatoms. The molecule has 2 nitrogen and oxygen atoms in total. The van der Waals surface area contributed by atoms with Crippen molar-refractivity contribution in [2.24, 2.45) is 0 Å². The number of para-hydroxylation sites is 2. The molecule has 0 spiro atoms. The molecule has 0 aliphatic heterocycles. The molecular formula is C30H28N2. The normalized spacial score (nSPS) is 11.4. The van der Waals surface area contributed by atoms with Gasteiger partial charge in [-0.25, -0.2) is 0 Å². The van der Waals surface area contributed by atoms with Gasteiger partial charge in [-0.3, -0.25) is 0 Å². The van der Waals surface area contributed by atoms with Crippen LogP contribution in [0.4, 0.5) is 0 Å². The number of benzene rings is 3. The molecule has 5 aromatic rings. The van der Waals surface area contributed by atoms with Crippen molar-refractivity contribution in [3.05, 3.63) is 133 Å². The van der Waals surface area contributed by atoms with E-state index in [1.165, 1.54) is 44.1 Å². The monoisotopic (exact) mass is 416 g/mol. The van der Waals surface area contributed by atoms with Crippen LogP contribution in [0.2, 0.25) is 0 Å². The zero-order valence-electron chi connectivity index (χ0n) is 18.5. The minimum absolute atomic E-state index is 0.127.